The highest BCUT2D eigenvalue weighted by Gasteiger charge is 2.23. The standard InChI is InChI=1S/C13H16FN3O3/c1-8-6-9(4-5-15-8)16-13(18)11-7-10(17(19)20)2-3-12(11)14/h2-3,7-9,15H,4-6H2,1H3,(H,16,18). The summed E-state index contributed by atoms with van der Waals surface area (Å²) in [5.74, 6) is -1.36. The molecule has 0 saturated carbocycles. The van der Waals surface area contributed by atoms with Crippen molar-refractivity contribution in [1.29, 1.82) is 0 Å². The fourth-order valence-electron chi connectivity index (χ4n) is 2.33. The summed E-state index contributed by atoms with van der Waals surface area (Å²) >= 11 is 0. The molecule has 0 aromatic heterocycles. The highest BCUT2D eigenvalue weighted by Crippen LogP contribution is 2.17. The Balaban J connectivity index is 2.12. The lowest BCUT2D eigenvalue weighted by molar-refractivity contribution is -0.384. The van der Waals surface area contributed by atoms with Gasteiger partial charge in [0, 0.05) is 24.2 Å². The minimum Gasteiger partial charge on any atom is -0.349 e. The maximum Gasteiger partial charge on any atom is 0.270 e. The van der Waals surface area contributed by atoms with E-state index in [9.17, 15) is 19.3 Å². The van der Waals surface area contributed by atoms with Gasteiger partial charge in [0.15, 0.2) is 0 Å². The maximum absolute atomic E-state index is 13.6. The van der Waals surface area contributed by atoms with E-state index < -0.39 is 16.6 Å². The summed E-state index contributed by atoms with van der Waals surface area (Å²) in [6.45, 7) is 2.79. The maximum atomic E-state index is 13.6. The van der Waals surface area contributed by atoms with Crippen molar-refractivity contribution in [3.05, 3.63) is 39.7 Å². The Morgan fingerprint density at radius 2 is 2.30 bits per heavy atom. The minimum atomic E-state index is -0.755. The van der Waals surface area contributed by atoms with Crippen LogP contribution < -0.4 is 10.6 Å². The second-order valence-corrected chi connectivity index (χ2v) is 4.97. The van der Waals surface area contributed by atoms with Crippen molar-refractivity contribution in [2.45, 2.75) is 31.8 Å². The molecule has 0 spiro atoms. The zero-order valence-electron chi connectivity index (χ0n) is 11.1. The largest absolute Gasteiger partial charge is 0.349 e. The number of nitro benzene ring substituents is 1. The molecule has 0 radical (unpaired) electrons. The molecule has 2 N–H and O–H groups in total. The number of carbonyl (C=O) groups is 1. The van der Waals surface area contributed by atoms with Crippen LogP contribution in [0.1, 0.15) is 30.1 Å². The number of nitro groups is 1. The topological polar surface area (TPSA) is 84.3 Å². The minimum absolute atomic E-state index is 0.0441. The molecule has 108 valence electrons. The smallest absolute Gasteiger partial charge is 0.270 e. The molecule has 2 unspecified atom stereocenters. The SMILES string of the molecule is CC1CC(NC(=O)c2cc([N+](=O)[O-])ccc2F)CCN1. The van der Waals surface area contributed by atoms with E-state index >= 15 is 0 Å². The molecule has 1 aromatic carbocycles. The zero-order valence-corrected chi connectivity index (χ0v) is 11.1. The number of nitrogens with one attached hydrogen (secondary N) is 2. The molecule has 0 bridgehead atoms. The number of piperidine rings is 1. The van der Waals surface area contributed by atoms with Crippen molar-refractivity contribution >= 4 is 11.6 Å². The van der Waals surface area contributed by atoms with Gasteiger partial charge in [-0.1, -0.05) is 0 Å². The van der Waals surface area contributed by atoms with Crippen LogP contribution in [0.5, 0.6) is 0 Å². The second kappa shape index (κ2) is 5.96. The fraction of sp³-hybridized carbons (Fsp3) is 0.462. The van der Waals surface area contributed by atoms with Gasteiger partial charge in [-0.2, -0.15) is 0 Å². The summed E-state index contributed by atoms with van der Waals surface area (Å²) < 4.78 is 13.6. The van der Waals surface area contributed by atoms with Crippen LogP contribution in [-0.2, 0) is 0 Å². The molecule has 6 nitrogen and oxygen atoms in total. The highest BCUT2D eigenvalue weighted by molar-refractivity contribution is 5.95. The number of carbonyl (C=O) groups excluding carboxylic acids is 1. The van der Waals surface area contributed by atoms with Crippen LogP contribution >= 0.6 is 0 Å². The van der Waals surface area contributed by atoms with Gasteiger partial charge in [0.25, 0.3) is 11.6 Å². The van der Waals surface area contributed by atoms with Crippen LogP contribution in [-0.4, -0.2) is 29.5 Å². The van der Waals surface area contributed by atoms with Gasteiger partial charge in [-0.25, -0.2) is 4.39 Å². The predicted octanol–water partition coefficient (Wildman–Crippen LogP) is 1.60. The summed E-state index contributed by atoms with van der Waals surface area (Å²) in [5, 5.41) is 16.6. The number of rotatable bonds is 3. The third kappa shape index (κ3) is 3.30. The molecule has 1 fully saturated rings. The lowest BCUT2D eigenvalue weighted by Crippen LogP contribution is -2.46. The third-order valence-electron chi connectivity index (χ3n) is 3.36. The van der Waals surface area contributed by atoms with Crippen LogP contribution in [0.15, 0.2) is 18.2 Å². The lowest BCUT2D eigenvalue weighted by atomic mass is 10.00. The predicted molar refractivity (Wildman–Crippen MR) is 71.0 cm³/mol. The zero-order chi connectivity index (χ0) is 14.7. The van der Waals surface area contributed by atoms with E-state index in [4.69, 9.17) is 0 Å². The second-order valence-electron chi connectivity index (χ2n) is 4.97. The molecule has 2 atom stereocenters. The number of halogens is 1. The Morgan fingerprint density at radius 3 is 2.95 bits per heavy atom. The van der Waals surface area contributed by atoms with Crippen molar-refractivity contribution in [2.24, 2.45) is 0 Å². The molecule has 1 amide bonds. The number of benzene rings is 1. The summed E-state index contributed by atoms with van der Waals surface area (Å²) in [7, 11) is 0. The normalized spacial score (nSPS) is 22.3. The van der Waals surface area contributed by atoms with E-state index in [1.54, 1.807) is 0 Å². The fourth-order valence-corrected chi connectivity index (χ4v) is 2.33. The van der Waals surface area contributed by atoms with E-state index in [1.807, 2.05) is 6.92 Å². The molecule has 2 rings (SSSR count). The first-order valence-corrected chi connectivity index (χ1v) is 6.45. The van der Waals surface area contributed by atoms with Crippen molar-refractivity contribution < 1.29 is 14.1 Å². The van der Waals surface area contributed by atoms with Gasteiger partial charge in [-0.05, 0) is 32.4 Å². The average Bonchev–Trinajstić information content (AvgIpc) is 2.38. The van der Waals surface area contributed by atoms with Crippen molar-refractivity contribution in [3.63, 3.8) is 0 Å². The molecular formula is C13H16FN3O3. The van der Waals surface area contributed by atoms with Crippen LogP contribution in [0, 0.1) is 15.9 Å². The quantitative estimate of drug-likeness (QED) is 0.651. The molecule has 1 aliphatic heterocycles. The van der Waals surface area contributed by atoms with Gasteiger partial charge in [-0.15, -0.1) is 0 Å². The molecule has 1 aliphatic rings. The Hall–Kier alpha value is -2.02. The molecule has 7 heteroatoms. The van der Waals surface area contributed by atoms with Crippen LogP contribution in [0.3, 0.4) is 0 Å². The van der Waals surface area contributed by atoms with Crippen LogP contribution in [0.4, 0.5) is 10.1 Å². The first-order chi connectivity index (χ1) is 9.47. The summed E-state index contributed by atoms with van der Waals surface area (Å²) in [6.07, 6.45) is 1.51. The van der Waals surface area contributed by atoms with Crippen molar-refractivity contribution in [1.82, 2.24) is 10.6 Å². The van der Waals surface area contributed by atoms with Crippen molar-refractivity contribution in [3.8, 4) is 0 Å². The molecule has 1 heterocycles. The molecule has 1 aromatic rings. The van der Waals surface area contributed by atoms with Crippen LogP contribution in [0.25, 0.3) is 0 Å². The van der Waals surface area contributed by atoms with Gasteiger partial charge in [0.1, 0.15) is 5.82 Å². The summed E-state index contributed by atoms with van der Waals surface area (Å²) in [6, 6.07) is 3.19. The number of hydrogen-bond acceptors (Lipinski definition) is 4. The Bertz CT molecular complexity index is 536. The molecule has 0 aliphatic carbocycles. The van der Waals surface area contributed by atoms with Gasteiger partial charge < -0.3 is 10.6 Å². The monoisotopic (exact) mass is 281 g/mol. The van der Waals surface area contributed by atoms with Gasteiger partial charge >= 0.3 is 0 Å². The first kappa shape index (κ1) is 14.4. The summed E-state index contributed by atoms with van der Waals surface area (Å²) in [5.41, 5.74) is -0.583. The average molecular weight is 281 g/mol. The van der Waals surface area contributed by atoms with Gasteiger partial charge in [0.05, 0.1) is 10.5 Å². The van der Waals surface area contributed by atoms with E-state index in [1.165, 1.54) is 0 Å². The Morgan fingerprint density at radius 1 is 1.55 bits per heavy atom. The van der Waals surface area contributed by atoms with E-state index in [2.05, 4.69) is 10.6 Å². The van der Waals surface area contributed by atoms with Gasteiger partial charge in [-0.3, -0.25) is 14.9 Å². The number of hydrogen-bond donors (Lipinski definition) is 2. The van der Waals surface area contributed by atoms with E-state index in [-0.39, 0.29) is 23.3 Å². The highest BCUT2D eigenvalue weighted by atomic mass is 19.1. The number of non-ortho nitro benzene ring substituents is 1. The van der Waals surface area contributed by atoms with Crippen LogP contribution in [0.2, 0.25) is 0 Å². The molecule has 1 saturated heterocycles. The lowest BCUT2D eigenvalue weighted by Gasteiger charge is -2.28. The van der Waals surface area contributed by atoms with Crippen molar-refractivity contribution in [2.75, 3.05) is 6.54 Å². The number of amides is 1. The molecular weight excluding hydrogens is 265 g/mol. The van der Waals surface area contributed by atoms with E-state index in [0.717, 1.165) is 37.6 Å². The Labute approximate surface area is 115 Å². The Kier molecular flexibility index (Phi) is 4.29. The van der Waals surface area contributed by atoms with E-state index in [0.29, 0.717) is 0 Å². The van der Waals surface area contributed by atoms with Gasteiger partial charge in [0.2, 0.25) is 0 Å². The first-order valence-electron chi connectivity index (χ1n) is 6.45. The molecule has 20 heavy (non-hydrogen) atoms. The number of nitrogens with zero attached hydrogens (tertiary/aromatic N) is 1. The summed E-state index contributed by atoms with van der Waals surface area (Å²) in [4.78, 5) is 22.0. The third-order valence-corrected chi connectivity index (χ3v) is 3.36.